The van der Waals surface area contributed by atoms with Gasteiger partial charge in [0.2, 0.25) is 10.0 Å². The lowest BCUT2D eigenvalue weighted by molar-refractivity contribution is 0.397. The number of rotatable bonds is 6. The van der Waals surface area contributed by atoms with Gasteiger partial charge in [0, 0.05) is 19.1 Å². The van der Waals surface area contributed by atoms with Crippen LogP contribution in [0.4, 0.5) is 0 Å². The van der Waals surface area contributed by atoms with E-state index in [2.05, 4.69) is 24.2 Å². The minimum atomic E-state index is -3.12. The van der Waals surface area contributed by atoms with Gasteiger partial charge >= 0.3 is 0 Å². The summed E-state index contributed by atoms with van der Waals surface area (Å²) in [6.07, 6.45) is 4.04. The van der Waals surface area contributed by atoms with Gasteiger partial charge in [-0.3, -0.25) is 4.99 Å². The van der Waals surface area contributed by atoms with Crippen molar-refractivity contribution in [2.75, 3.05) is 25.9 Å². The molecule has 1 rings (SSSR count). The van der Waals surface area contributed by atoms with E-state index in [1.54, 1.807) is 0 Å². The fraction of sp³-hybridized carbons (Fsp3) is 0.917. The molecule has 0 bridgehead atoms. The Balaban J connectivity index is 0.00000361. The Morgan fingerprint density at radius 2 is 2.15 bits per heavy atom. The van der Waals surface area contributed by atoms with Crippen molar-refractivity contribution < 1.29 is 8.42 Å². The molecule has 0 aromatic rings. The van der Waals surface area contributed by atoms with E-state index < -0.39 is 10.0 Å². The van der Waals surface area contributed by atoms with Crippen LogP contribution in [-0.2, 0) is 10.0 Å². The molecule has 0 amide bonds. The lowest BCUT2D eigenvalue weighted by Crippen LogP contribution is -2.38. The molecule has 0 aromatic carbocycles. The van der Waals surface area contributed by atoms with Crippen LogP contribution in [0, 0.1) is 5.92 Å². The van der Waals surface area contributed by atoms with Crippen molar-refractivity contribution >= 4 is 40.0 Å². The molecule has 1 fully saturated rings. The van der Waals surface area contributed by atoms with E-state index in [-0.39, 0.29) is 30.0 Å². The third-order valence-electron chi connectivity index (χ3n) is 3.25. The van der Waals surface area contributed by atoms with E-state index in [9.17, 15) is 8.42 Å². The van der Waals surface area contributed by atoms with Crippen molar-refractivity contribution in [1.29, 1.82) is 0 Å². The molecule has 1 saturated heterocycles. The Kier molecular flexibility index (Phi) is 8.99. The lowest BCUT2D eigenvalue weighted by atomic mass is 10.1. The van der Waals surface area contributed by atoms with Gasteiger partial charge in [0.15, 0.2) is 5.96 Å². The van der Waals surface area contributed by atoms with Crippen molar-refractivity contribution in [3.05, 3.63) is 0 Å². The van der Waals surface area contributed by atoms with Crippen LogP contribution in [-0.4, -0.2) is 50.6 Å². The monoisotopic (exact) mass is 418 g/mol. The van der Waals surface area contributed by atoms with Gasteiger partial charge < -0.3 is 11.1 Å². The Hall–Kier alpha value is -0.0900. The SMILES string of the molecule is CC(C)CCNC(N)=NC[C@H]1CCCN1S(C)(=O)=O.I. The van der Waals surface area contributed by atoms with Gasteiger partial charge in [-0.15, -0.1) is 24.0 Å². The molecule has 0 radical (unpaired) electrons. The predicted octanol–water partition coefficient (Wildman–Crippen LogP) is 0.979. The first-order valence-corrected chi connectivity index (χ1v) is 8.66. The van der Waals surface area contributed by atoms with Crippen molar-refractivity contribution in [2.45, 2.75) is 39.2 Å². The number of nitrogens with two attached hydrogens (primary N) is 1. The number of halogens is 1. The summed E-state index contributed by atoms with van der Waals surface area (Å²) in [6.45, 7) is 6.13. The summed E-state index contributed by atoms with van der Waals surface area (Å²) in [6, 6.07) is -0.0413. The summed E-state index contributed by atoms with van der Waals surface area (Å²) in [5, 5.41) is 3.05. The van der Waals surface area contributed by atoms with E-state index in [1.165, 1.54) is 10.6 Å². The molecule has 20 heavy (non-hydrogen) atoms. The largest absolute Gasteiger partial charge is 0.370 e. The van der Waals surface area contributed by atoms with Crippen LogP contribution in [0.25, 0.3) is 0 Å². The second kappa shape index (κ2) is 9.04. The molecule has 120 valence electrons. The second-order valence-corrected chi connectivity index (χ2v) is 7.44. The van der Waals surface area contributed by atoms with Crippen molar-refractivity contribution in [3.8, 4) is 0 Å². The Morgan fingerprint density at radius 3 is 2.70 bits per heavy atom. The minimum absolute atomic E-state index is 0. The summed E-state index contributed by atoms with van der Waals surface area (Å²) in [4.78, 5) is 4.24. The van der Waals surface area contributed by atoms with Gasteiger partial charge in [0.1, 0.15) is 0 Å². The summed E-state index contributed by atoms with van der Waals surface area (Å²) in [7, 11) is -3.12. The minimum Gasteiger partial charge on any atom is -0.370 e. The van der Waals surface area contributed by atoms with Crippen LogP contribution in [0.1, 0.15) is 33.1 Å². The highest BCUT2D eigenvalue weighted by Gasteiger charge is 2.30. The second-order valence-electron chi connectivity index (χ2n) is 5.50. The Morgan fingerprint density at radius 1 is 1.50 bits per heavy atom. The van der Waals surface area contributed by atoms with E-state index in [1.807, 2.05) is 0 Å². The predicted molar refractivity (Wildman–Crippen MR) is 93.9 cm³/mol. The highest BCUT2D eigenvalue weighted by atomic mass is 127. The molecule has 3 N–H and O–H groups in total. The quantitative estimate of drug-likeness (QED) is 0.383. The van der Waals surface area contributed by atoms with Crippen LogP contribution < -0.4 is 11.1 Å². The molecule has 0 spiro atoms. The number of aliphatic imine (C=N–C) groups is 1. The molecule has 6 nitrogen and oxygen atoms in total. The third kappa shape index (κ3) is 7.07. The number of hydrogen-bond acceptors (Lipinski definition) is 3. The molecule has 8 heteroatoms. The highest BCUT2D eigenvalue weighted by molar-refractivity contribution is 14.0. The number of nitrogens with one attached hydrogen (secondary N) is 1. The maximum atomic E-state index is 11.6. The van der Waals surface area contributed by atoms with E-state index in [4.69, 9.17) is 5.73 Å². The molecular formula is C12H27IN4O2S. The van der Waals surface area contributed by atoms with Crippen molar-refractivity contribution in [1.82, 2.24) is 9.62 Å². The van der Waals surface area contributed by atoms with Crippen LogP contribution in [0.15, 0.2) is 4.99 Å². The molecule has 0 aromatic heterocycles. The first-order valence-electron chi connectivity index (χ1n) is 6.81. The summed E-state index contributed by atoms with van der Waals surface area (Å²) < 4.78 is 24.7. The summed E-state index contributed by atoms with van der Waals surface area (Å²) in [5.41, 5.74) is 5.76. The fourth-order valence-electron chi connectivity index (χ4n) is 2.18. The molecule has 1 aliphatic rings. The zero-order valence-electron chi connectivity index (χ0n) is 12.5. The number of hydrogen-bond donors (Lipinski definition) is 2. The lowest BCUT2D eigenvalue weighted by Gasteiger charge is -2.20. The molecule has 1 heterocycles. The Labute approximate surface area is 139 Å². The van der Waals surface area contributed by atoms with Gasteiger partial charge in [-0.05, 0) is 25.2 Å². The smallest absolute Gasteiger partial charge is 0.211 e. The molecule has 1 aliphatic heterocycles. The van der Waals surface area contributed by atoms with Crippen molar-refractivity contribution in [3.63, 3.8) is 0 Å². The standard InChI is InChI=1S/C12H26N4O2S.HI/c1-10(2)6-7-14-12(13)15-9-11-5-4-8-16(11)19(3,17)18;/h10-11H,4-9H2,1-3H3,(H3,13,14,15);1H/t11-;/m1./s1. The molecule has 0 unspecified atom stereocenters. The van der Waals surface area contributed by atoms with E-state index in [0.29, 0.717) is 25.0 Å². The zero-order valence-corrected chi connectivity index (χ0v) is 15.6. The molecule has 0 aliphatic carbocycles. The number of guanidine groups is 1. The van der Waals surface area contributed by atoms with Gasteiger partial charge in [-0.1, -0.05) is 13.8 Å². The fourth-order valence-corrected chi connectivity index (χ4v) is 3.35. The van der Waals surface area contributed by atoms with Crippen LogP contribution in [0.5, 0.6) is 0 Å². The maximum Gasteiger partial charge on any atom is 0.211 e. The average Bonchev–Trinajstić information content (AvgIpc) is 2.73. The van der Waals surface area contributed by atoms with E-state index in [0.717, 1.165) is 25.8 Å². The molecule has 0 saturated carbocycles. The normalized spacial score (nSPS) is 21.0. The first-order chi connectivity index (χ1) is 8.80. The van der Waals surface area contributed by atoms with Crippen molar-refractivity contribution in [2.24, 2.45) is 16.6 Å². The molecule has 1 atom stereocenters. The van der Waals surface area contributed by atoms with Gasteiger partial charge in [0.05, 0.1) is 12.8 Å². The summed E-state index contributed by atoms with van der Waals surface area (Å²) in [5.74, 6) is 1.02. The van der Waals surface area contributed by atoms with Gasteiger partial charge in [-0.25, -0.2) is 8.42 Å². The van der Waals surface area contributed by atoms with Gasteiger partial charge in [0.25, 0.3) is 0 Å². The number of sulfonamides is 1. The summed E-state index contributed by atoms with van der Waals surface area (Å²) >= 11 is 0. The third-order valence-corrected chi connectivity index (χ3v) is 4.58. The number of nitrogens with zero attached hydrogens (tertiary/aromatic N) is 2. The van der Waals surface area contributed by atoms with E-state index >= 15 is 0 Å². The topological polar surface area (TPSA) is 87.8 Å². The van der Waals surface area contributed by atoms with Crippen LogP contribution in [0.2, 0.25) is 0 Å². The zero-order chi connectivity index (χ0) is 14.5. The first kappa shape index (κ1) is 19.9. The van der Waals surface area contributed by atoms with Gasteiger partial charge in [-0.2, -0.15) is 4.31 Å². The van der Waals surface area contributed by atoms with Crippen LogP contribution in [0.3, 0.4) is 0 Å². The average molecular weight is 418 g/mol. The Bertz CT molecular complexity index is 412. The van der Waals surface area contributed by atoms with Crippen LogP contribution >= 0.6 is 24.0 Å². The highest BCUT2D eigenvalue weighted by Crippen LogP contribution is 2.20. The molecular weight excluding hydrogens is 391 g/mol. The maximum absolute atomic E-state index is 11.6.